The van der Waals surface area contributed by atoms with Crippen LogP contribution in [-0.2, 0) is 18.7 Å². The molecule has 0 fully saturated rings. The predicted molar refractivity (Wildman–Crippen MR) is 117 cm³/mol. The fourth-order valence-corrected chi connectivity index (χ4v) is 4.11. The number of methoxy groups -OCH3 is 1. The first kappa shape index (κ1) is 21.6. The van der Waals surface area contributed by atoms with Gasteiger partial charge in [-0.1, -0.05) is 12.1 Å². The molecule has 0 radical (unpaired) electrons. The number of hydrogen-bond acceptors (Lipinski definition) is 5. The van der Waals surface area contributed by atoms with Crippen molar-refractivity contribution in [3.05, 3.63) is 58.1 Å². The first-order chi connectivity index (χ1) is 13.7. The lowest BCUT2D eigenvalue weighted by Crippen LogP contribution is -2.34. The maximum Gasteiger partial charge on any atom is 0.123 e. The number of fused-ring (bicyclic) bond motifs is 1. The molecule has 158 valence electrons. The molecule has 0 bridgehead atoms. The normalized spacial score (nSPS) is 16.7. The minimum Gasteiger partial charge on any atom is -0.496 e. The third kappa shape index (κ3) is 4.92. The topological polar surface area (TPSA) is 45.2 Å². The largest absolute Gasteiger partial charge is 0.496 e. The molecule has 5 nitrogen and oxygen atoms in total. The highest BCUT2D eigenvalue weighted by Gasteiger charge is 2.26. The molecule has 29 heavy (non-hydrogen) atoms. The Morgan fingerprint density at radius 2 is 1.93 bits per heavy atom. The van der Waals surface area contributed by atoms with Gasteiger partial charge in [-0.15, -0.1) is 0 Å². The van der Waals surface area contributed by atoms with Crippen LogP contribution in [0.25, 0.3) is 0 Å². The Balaban J connectivity index is 1.83. The van der Waals surface area contributed by atoms with E-state index in [9.17, 15) is 5.11 Å². The highest BCUT2D eigenvalue weighted by atomic mass is 16.5. The van der Waals surface area contributed by atoms with Crippen LogP contribution in [0.3, 0.4) is 0 Å². The van der Waals surface area contributed by atoms with E-state index >= 15 is 0 Å². The molecule has 2 aromatic rings. The minimum atomic E-state index is -0.903. The maximum absolute atomic E-state index is 10.9. The molecule has 0 saturated heterocycles. The monoisotopic (exact) mass is 398 g/mol. The van der Waals surface area contributed by atoms with Crippen molar-refractivity contribution >= 4 is 0 Å². The van der Waals surface area contributed by atoms with E-state index in [0.29, 0.717) is 13.2 Å². The van der Waals surface area contributed by atoms with Crippen molar-refractivity contribution < 1.29 is 14.6 Å². The van der Waals surface area contributed by atoms with E-state index in [1.54, 1.807) is 7.11 Å². The molecule has 2 aromatic carbocycles. The summed E-state index contributed by atoms with van der Waals surface area (Å²) in [4.78, 5) is 4.41. The van der Waals surface area contributed by atoms with Gasteiger partial charge in [0.25, 0.3) is 0 Å². The average molecular weight is 399 g/mol. The standard InChI is InChI=1S/C24H34N2O3/c1-17-18(2)22(28-6)9-7-19(17)14-26-11-12-29-23-10-8-21(13-20(23)15-26)24(3,27)16-25(4)5/h7-10,13,27H,11-12,14-16H2,1-6H3. The first-order valence-corrected chi connectivity index (χ1v) is 10.2. The van der Waals surface area contributed by atoms with Gasteiger partial charge in [0.15, 0.2) is 0 Å². The summed E-state index contributed by atoms with van der Waals surface area (Å²) in [6, 6.07) is 10.3. The van der Waals surface area contributed by atoms with Gasteiger partial charge in [-0.05, 0) is 75.3 Å². The zero-order chi connectivity index (χ0) is 21.2. The molecule has 1 atom stereocenters. The van der Waals surface area contributed by atoms with Gasteiger partial charge in [-0.2, -0.15) is 0 Å². The molecular weight excluding hydrogens is 364 g/mol. The van der Waals surface area contributed by atoms with Gasteiger partial charge < -0.3 is 19.5 Å². The van der Waals surface area contributed by atoms with Gasteiger partial charge >= 0.3 is 0 Å². The molecule has 0 spiro atoms. The lowest BCUT2D eigenvalue weighted by molar-refractivity contribution is 0.0299. The number of rotatable bonds is 6. The van der Waals surface area contributed by atoms with Crippen LogP contribution in [0.4, 0.5) is 0 Å². The van der Waals surface area contributed by atoms with Crippen LogP contribution in [0.15, 0.2) is 30.3 Å². The smallest absolute Gasteiger partial charge is 0.123 e. The second-order valence-corrected chi connectivity index (χ2v) is 8.57. The van der Waals surface area contributed by atoms with Crippen LogP contribution in [-0.4, -0.2) is 55.8 Å². The van der Waals surface area contributed by atoms with Crippen LogP contribution in [0.5, 0.6) is 11.5 Å². The molecule has 3 rings (SSSR count). The zero-order valence-electron chi connectivity index (χ0n) is 18.6. The van der Waals surface area contributed by atoms with Crippen molar-refractivity contribution in [2.75, 3.05) is 40.9 Å². The zero-order valence-corrected chi connectivity index (χ0v) is 18.6. The van der Waals surface area contributed by atoms with E-state index in [1.807, 2.05) is 38.1 Å². The summed E-state index contributed by atoms with van der Waals surface area (Å²) in [6.07, 6.45) is 0. The number of ether oxygens (including phenoxy) is 2. The molecule has 0 aromatic heterocycles. The van der Waals surface area contributed by atoms with Crippen molar-refractivity contribution in [1.29, 1.82) is 0 Å². The van der Waals surface area contributed by atoms with E-state index in [2.05, 4.69) is 36.9 Å². The van der Waals surface area contributed by atoms with Crippen LogP contribution in [0.2, 0.25) is 0 Å². The van der Waals surface area contributed by atoms with Crippen LogP contribution < -0.4 is 9.47 Å². The van der Waals surface area contributed by atoms with E-state index in [4.69, 9.17) is 9.47 Å². The molecule has 1 heterocycles. The number of likely N-dealkylation sites (N-methyl/N-ethyl adjacent to an activating group) is 1. The molecule has 0 aliphatic carbocycles. The Bertz CT molecular complexity index is 861. The number of benzene rings is 2. The van der Waals surface area contributed by atoms with Crippen molar-refractivity contribution in [3.63, 3.8) is 0 Å². The molecule has 1 N–H and O–H groups in total. The summed E-state index contributed by atoms with van der Waals surface area (Å²) in [5, 5.41) is 10.9. The maximum atomic E-state index is 10.9. The highest BCUT2D eigenvalue weighted by Crippen LogP contribution is 2.31. The molecule has 0 amide bonds. The van der Waals surface area contributed by atoms with Crippen molar-refractivity contribution in [2.24, 2.45) is 0 Å². The minimum absolute atomic E-state index is 0.570. The third-order valence-corrected chi connectivity index (χ3v) is 5.83. The van der Waals surface area contributed by atoms with E-state index in [-0.39, 0.29) is 0 Å². The Morgan fingerprint density at radius 3 is 2.62 bits per heavy atom. The van der Waals surface area contributed by atoms with Gasteiger partial charge in [0.05, 0.1) is 12.7 Å². The van der Waals surface area contributed by atoms with Crippen LogP contribution in [0.1, 0.15) is 34.7 Å². The van der Waals surface area contributed by atoms with Crippen molar-refractivity contribution in [3.8, 4) is 11.5 Å². The number of hydrogen-bond donors (Lipinski definition) is 1. The lowest BCUT2D eigenvalue weighted by Gasteiger charge is -2.28. The Morgan fingerprint density at radius 1 is 1.17 bits per heavy atom. The van der Waals surface area contributed by atoms with Gasteiger partial charge in [-0.3, -0.25) is 4.90 Å². The lowest BCUT2D eigenvalue weighted by atomic mass is 9.93. The summed E-state index contributed by atoms with van der Waals surface area (Å²) in [5.41, 5.74) is 4.92. The van der Waals surface area contributed by atoms with Gasteiger partial charge in [0.2, 0.25) is 0 Å². The quantitative estimate of drug-likeness (QED) is 0.807. The summed E-state index contributed by atoms with van der Waals surface area (Å²) in [7, 11) is 5.66. The summed E-state index contributed by atoms with van der Waals surface area (Å²) in [6.45, 7) is 9.89. The van der Waals surface area contributed by atoms with Gasteiger partial charge in [-0.25, -0.2) is 0 Å². The molecular formula is C24H34N2O3. The number of aliphatic hydroxyl groups is 1. The Hall–Kier alpha value is -2.08. The molecule has 5 heteroatoms. The van der Waals surface area contributed by atoms with Gasteiger partial charge in [0, 0.05) is 31.7 Å². The molecule has 1 aliphatic rings. The summed E-state index contributed by atoms with van der Waals surface area (Å²) < 4.78 is 11.5. The van der Waals surface area contributed by atoms with Crippen molar-refractivity contribution in [2.45, 2.75) is 39.5 Å². The fraction of sp³-hybridized carbons (Fsp3) is 0.500. The first-order valence-electron chi connectivity index (χ1n) is 10.2. The van der Waals surface area contributed by atoms with Crippen molar-refractivity contribution in [1.82, 2.24) is 9.80 Å². The molecule has 1 unspecified atom stereocenters. The molecule has 1 aliphatic heterocycles. The van der Waals surface area contributed by atoms with E-state index < -0.39 is 5.60 Å². The fourth-order valence-electron chi connectivity index (χ4n) is 4.11. The van der Waals surface area contributed by atoms with Gasteiger partial charge in [0.1, 0.15) is 18.1 Å². The SMILES string of the molecule is COc1ccc(CN2CCOc3ccc(C(C)(O)CN(C)C)cc3C2)c(C)c1C. The number of nitrogens with zero attached hydrogens (tertiary/aromatic N) is 2. The summed E-state index contributed by atoms with van der Waals surface area (Å²) in [5.74, 6) is 1.85. The highest BCUT2D eigenvalue weighted by molar-refractivity contribution is 5.44. The second kappa shape index (κ2) is 8.74. The van der Waals surface area contributed by atoms with Crippen LogP contribution in [0, 0.1) is 13.8 Å². The summed E-state index contributed by atoms with van der Waals surface area (Å²) >= 11 is 0. The Kier molecular flexibility index (Phi) is 6.52. The molecule has 0 saturated carbocycles. The van der Waals surface area contributed by atoms with Crippen LogP contribution >= 0.6 is 0 Å². The third-order valence-electron chi connectivity index (χ3n) is 5.83. The van der Waals surface area contributed by atoms with E-state index in [1.165, 1.54) is 16.7 Å². The predicted octanol–water partition coefficient (Wildman–Crippen LogP) is 3.48. The van der Waals surface area contributed by atoms with E-state index in [0.717, 1.165) is 42.3 Å². The Labute approximate surface area is 174 Å². The second-order valence-electron chi connectivity index (χ2n) is 8.57. The average Bonchev–Trinajstić information content (AvgIpc) is 2.85.